The van der Waals surface area contributed by atoms with Crippen LogP contribution in [0.25, 0.3) is 0 Å². The normalized spacial score (nSPS) is 15.4. The second kappa shape index (κ2) is 5.40. The van der Waals surface area contributed by atoms with Crippen LogP contribution < -0.4 is 4.74 Å². The maximum Gasteiger partial charge on any atom is 0.573 e. The van der Waals surface area contributed by atoms with E-state index in [1.165, 1.54) is 24.3 Å². The van der Waals surface area contributed by atoms with E-state index in [4.69, 9.17) is 0 Å². The molecule has 0 saturated heterocycles. The monoisotopic (exact) mass is 248 g/mol. The third kappa shape index (κ3) is 4.26. The predicted octanol–water partition coefficient (Wildman–Crippen LogP) is 3.66. The van der Waals surface area contributed by atoms with Gasteiger partial charge < -0.3 is 9.84 Å². The summed E-state index contributed by atoms with van der Waals surface area (Å²) in [6.45, 7) is 3.82. The lowest BCUT2D eigenvalue weighted by molar-refractivity contribution is -0.274. The summed E-state index contributed by atoms with van der Waals surface area (Å²) in [4.78, 5) is 0. The van der Waals surface area contributed by atoms with Crippen molar-refractivity contribution in [3.05, 3.63) is 29.8 Å². The van der Waals surface area contributed by atoms with Gasteiger partial charge in [-0.05, 0) is 23.6 Å². The van der Waals surface area contributed by atoms with Crippen LogP contribution >= 0.6 is 0 Å². The SMILES string of the molecule is CC[C@@H](C)C(O)c1ccc(OC(F)(F)F)cc1. The molecule has 1 N–H and O–H groups in total. The number of aliphatic hydroxyl groups excluding tert-OH is 1. The first kappa shape index (κ1) is 13.8. The Morgan fingerprint density at radius 3 is 2.18 bits per heavy atom. The predicted molar refractivity (Wildman–Crippen MR) is 57.5 cm³/mol. The first-order chi connectivity index (χ1) is 7.83. The van der Waals surface area contributed by atoms with Crippen molar-refractivity contribution >= 4 is 0 Å². The number of aliphatic hydroxyl groups is 1. The largest absolute Gasteiger partial charge is 0.573 e. The van der Waals surface area contributed by atoms with Crippen LogP contribution in [0.5, 0.6) is 5.75 Å². The van der Waals surface area contributed by atoms with Gasteiger partial charge in [0.1, 0.15) is 5.75 Å². The minimum atomic E-state index is -4.68. The molecule has 0 radical (unpaired) electrons. The van der Waals surface area contributed by atoms with E-state index in [0.717, 1.165) is 6.42 Å². The maximum absolute atomic E-state index is 11.9. The van der Waals surface area contributed by atoms with Crippen LogP contribution in [-0.2, 0) is 0 Å². The highest BCUT2D eigenvalue weighted by atomic mass is 19.4. The molecule has 0 aliphatic carbocycles. The third-order valence-electron chi connectivity index (χ3n) is 2.64. The number of alkyl halides is 3. The Hall–Kier alpha value is -1.23. The summed E-state index contributed by atoms with van der Waals surface area (Å²) in [6.07, 6.45) is -4.56. The molecule has 96 valence electrons. The number of halogens is 3. The quantitative estimate of drug-likeness (QED) is 0.881. The highest BCUT2D eigenvalue weighted by molar-refractivity contribution is 5.28. The molecule has 2 nitrogen and oxygen atoms in total. The van der Waals surface area contributed by atoms with Gasteiger partial charge in [0.15, 0.2) is 0 Å². The van der Waals surface area contributed by atoms with Crippen LogP contribution in [0.2, 0.25) is 0 Å². The van der Waals surface area contributed by atoms with Gasteiger partial charge in [0, 0.05) is 0 Å². The van der Waals surface area contributed by atoms with Crippen LogP contribution in [0.15, 0.2) is 24.3 Å². The van der Waals surface area contributed by atoms with E-state index in [1.54, 1.807) is 0 Å². The van der Waals surface area contributed by atoms with Crippen molar-refractivity contribution in [1.82, 2.24) is 0 Å². The van der Waals surface area contributed by atoms with E-state index in [9.17, 15) is 18.3 Å². The molecule has 0 aliphatic rings. The molecule has 0 saturated carbocycles. The molecule has 0 fully saturated rings. The summed E-state index contributed by atoms with van der Waals surface area (Å²) in [5.74, 6) is -0.220. The molecule has 0 aromatic heterocycles. The average molecular weight is 248 g/mol. The summed E-state index contributed by atoms with van der Waals surface area (Å²) in [5, 5.41) is 9.85. The van der Waals surface area contributed by atoms with Crippen LogP contribution in [0.3, 0.4) is 0 Å². The Balaban J connectivity index is 2.74. The lowest BCUT2D eigenvalue weighted by Crippen LogP contribution is -2.17. The van der Waals surface area contributed by atoms with Gasteiger partial charge in [-0.1, -0.05) is 32.4 Å². The topological polar surface area (TPSA) is 29.5 Å². The smallest absolute Gasteiger partial charge is 0.406 e. The van der Waals surface area contributed by atoms with Crippen molar-refractivity contribution in [3.8, 4) is 5.75 Å². The molecule has 1 aromatic carbocycles. The van der Waals surface area contributed by atoms with Crippen molar-refractivity contribution in [1.29, 1.82) is 0 Å². The lowest BCUT2D eigenvalue weighted by atomic mass is 9.95. The molecule has 1 aromatic rings. The molecule has 1 unspecified atom stereocenters. The first-order valence-electron chi connectivity index (χ1n) is 5.37. The van der Waals surface area contributed by atoms with Gasteiger partial charge in [0.05, 0.1) is 6.10 Å². The van der Waals surface area contributed by atoms with Crippen molar-refractivity contribution < 1.29 is 23.0 Å². The summed E-state index contributed by atoms with van der Waals surface area (Å²) >= 11 is 0. The molecule has 0 spiro atoms. The molecule has 5 heteroatoms. The number of hydrogen-bond donors (Lipinski definition) is 1. The van der Waals surface area contributed by atoms with Crippen molar-refractivity contribution in [2.75, 3.05) is 0 Å². The Labute approximate surface area is 98.0 Å². The van der Waals surface area contributed by atoms with Gasteiger partial charge in [-0.2, -0.15) is 0 Å². The van der Waals surface area contributed by atoms with Gasteiger partial charge in [-0.3, -0.25) is 0 Å². The second-order valence-electron chi connectivity index (χ2n) is 3.95. The van der Waals surface area contributed by atoms with E-state index < -0.39 is 12.5 Å². The van der Waals surface area contributed by atoms with Crippen LogP contribution in [0, 0.1) is 5.92 Å². The fraction of sp³-hybridized carbons (Fsp3) is 0.500. The molecular formula is C12H15F3O2. The van der Waals surface area contributed by atoms with Crippen molar-refractivity contribution in [2.45, 2.75) is 32.7 Å². The number of benzene rings is 1. The Morgan fingerprint density at radius 2 is 1.76 bits per heavy atom. The minimum absolute atomic E-state index is 0.0596. The van der Waals surface area contributed by atoms with Gasteiger partial charge in [0.2, 0.25) is 0 Å². The molecule has 2 atom stereocenters. The van der Waals surface area contributed by atoms with E-state index in [2.05, 4.69) is 4.74 Å². The summed E-state index contributed by atoms with van der Waals surface area (Å²) in [5.41, 5.74) is 0.592. The number of ether oxygens (including phenoxy) is 1. The zero-order valence-corrected chi connectivity index (χ0v) is 9.66. The van der Waals surface area contributed by atoms with Crippen molar-refractivity contribution in [2.24, 2.45) is 5.92 Å². The third-order valence-corrected chi connectivity index (χ3v) is 2.64. The zero-order chi connectivity index (χ0) is 13.1. The van der Waals surface area contributed by atoms with Crippen molar-refractivity contribution in [3.63, 3.8) is 0 Å². The Kier molecular flexibility index (Phi) is 4.40. The first-order valence-corrected chi connectivity index (χ1v) is 5.37. The summed E-state index contributed by atoms with van der Waals surface area (Å²) in [6, 6.07) is 5.29. The molecule has 0 bridgehead atoms. The molecule has 0 heterocycles. The summed E-state index contributed by atoms with van der Waals surface area (Å²) < 4.78 is 39.5. The van der Waals surface area contributed by atoms with E-state index in [-0.39, 0.29) is 11.7 Å². The Morgan fingerprint density at radius 1 is 1.24 bits per heavy atom. The standard InChI is InChI=1S/C12H15F3O2/c1-3-8(2)11(16)9-4-6-10(7-5-9)17-12(13,14)15/h4-8,11,16H,3H2,1-2H3/t8-,11?/m1/s1. The number of rotatable bonds is 4. The lowest BCUT2D eigenvalue weighted by Gasteiger charge is -2.18. The maximum atomic E-state index is 11.9. The van der Waals surface area contributed by atoms with Gasteiger partial charge in [0.25, 0.3) is 0 Å². The van der Waals surface area contributed by atoms with E-state index >= 15 is 0 Å². The van der Waals surface area contributed by atoms with Gasteiger partial charge in [-0.15, -0.1) is 13.2 Å². The molecular weight excluding hydrogens is 233 g/mol. The molecule has 1 rings (SSSR count). The average Bonchev–Trinajstić information content (AvgIpc) is 2.26. The fourth-order valence-electron chi connectivity index (χ4n) is 1.42. The second-order valence-corrected chi connectivity index (χ2v) is 3.95. The van der Waals surface area contributed by atoms with E-state index in [1.807, 2.05) is 13.8 Å². The van der Waals surface area contributed by atoms with E-state index in [0.29, 0.717) is 5.56 Å². The molecule has 0 amide bonds. The molecule has 17 heavy (non-hydrogen) atoms. The van der Waals surface area contributed by atoms with Gasteiger partial charge >= 0.3 is 6.36 Å². The van der Waals surface area contributed by atoms with Crippen LogP contribution in [-0.4, -0.2) is 11.5 Å². The Bertz CT molecular complexity index is 346. The van der Waals surface area contributed by atoms with Crippen LogP contribution in [0.4, 0.5) is 13.2 Å². The minimum Gasteiger partial charge on any atom is -0.406 e. The molecule has 0 aliphatic heterocycles. The highest BCUT2D eigenvalue weighted by Crippen LogP contribution is 2.27. The highest BCUT2D eigenvalue weighted by Gasteiger charge is 2.31. The zero-order valence-electron chi connectivity index (χ0n) is 9.66. The van der Waals surface area contributed by atoms with Gasteiger partial charge in [-0.25, -0.2) is 0 Å². The van der Waals surface area contributed by atoms with Crippen LogP contribution in [0.1, 0.15) is 31.9 Å². The number of hydrogen-bond acceptors (Lipinski definition) is 2. The summed E-state index contributed by atoms with van der Waals surface area (Å²) in [7, 11) is 0. The fourth-order valence-corrected chi connectivity index (χ4v) is 1.42.